The number of hydrogen-bond donors (Lipinski definition) is 0. The van der Waals surface area contributed by atoms with Crippen molar-refractivity contribution in [2.24, 2.45) is 0 Å². The van der Waals surface area contributed by atoms with Crippen molar-refractivity contribution in [3.63, 3.8) is 0 Å². The molecule has 0 aliphatic heterocycles. The summed E-state index contributed by atoms with van der Waals surface area (Å²) in [4.78, 5) is 0. The summed E-state index contributed by atoms with van der Waals surface area (Å²) in [5.74, 6) is 0. The van der Waals surface area contributed by atoms with Crippen molar-refractivity contribution >= 4 is 43.9 Å². The Bertz CT molecular complexity index is 2490. The van der Waals surface area contributed by atoms with E-state index in [4.69, 9.17) is 8.83 Å². The summed E-state index contributed by atoms with van der Waals surface area (Å²) in [6.07, 6.45) is 0. The van der Waals surface area contributed by atoms with Gasteiger partial charge in [-0.3, -0.25) is 0 Å². The molecule has 9 aromatic rings. The SMILES string of the molecule is c1ccc(-c2cccc(-c3ccccc3-c3cc(-c4ccc5c(c4)oc4ccccc45)cc4c3oc3ccccc34)c2)cc1. The van der Waals surface area contributed by atoms with E-state index >= 15 is 0 Å². The highest BCUT2D eigenvalue weighted by Crippen LogP contribution is 2.43. The molecule has 0 aliphatic rings. The van der Waals surface area contributed by atoms with Crippen LogP contribution in [0.4, 0.5) is 0 Å². The maximum atomic E-state index is 6.60. The first-order valence-electron chi connectivity index (χ1n) is 14.9. The molecule has 2 nitrogen and oxygen atoms in total. The van der Waals surface area contributed by atoms with Gasteiger partial charge in [-0.1, -0.05) is 115 Å². The molecule has 9 rings (SSSR count). The fourth-order valence-corrected chi connectivity index (χ4v) is 6.57. The number of benzene rings is 7. The Morgan fingerprint density at radius 2 is 0.886 bits per heavy atom. The van der Waals surface area contributed by atoms with Crippen molar-refractivity contribution in [2.45, 2.75) is 0 Å². The summed E-state index contributed by atoms with van der Waals surface area (Å²) >= 11 is 0. The van der Waals surface area contributed by atoms with E-state index in [1.165, 1.54) is 16.7 Å². The van der Waals surface area contributed by atoms with Crippen LogP contribution in [-0.4, -0.2) is 0 Å². The second kappa shape index (κ2) is 9.86. The molecule has 2 aromatic heterocycles. The van der Waals surface area contributed by atoms with Crippen LogP contribution in [0.3, 0.4) is 0 Å². The van der Waals surface area contributed by atoms with E-state index in [9.17, 15) is 0 Å². The number of fused-ring (bicyclic) bond motifs is 6. The molecule has 0 amide bonds. The maximum Gasteiger partial charge on any atom is 0.143 e. The summed E-state index contributed by atoms with van der Waals surface area (Å²) in [5, 5.41) is 4.48. The summed E-state index contributed by atoms with van der Waals surface area (Å²) < 4.78 is 12.9. The van der Waals surface area contributed by atoms with E-state index in [2.05, 4.69) is 140 Å². The Hall–Kier alpha value is -5.86. The number of hydrogen-bond acceptors (Lipinski definition) is 2. The van der Waals surface area contributed by atoms with Crippen molar-refractivity contribution in [1.82, 2.24) is 0 Å². The fourth-order valence-electron chi connectivity index (χ4n) is 6.57. The lowest BCUT2D eigenvalue weighted by atomic mass is 9.90. The summed E-state index contributed by atoms with van der Waals surface area (Å²) in [5.41, 5.74) is 12.7. The van der Waals surface area contributed by atoms with Gasteiger partial charge in [-0.25, -0.2) is 0 Å². The lowest BCUT2D eigenvalue weighted by Crippen LogP contribution is -1.88. The standard InChI is InChI=1S/C42H26O2/c1-2-11-27(12-3-1)28-13-10-14-30(23-28)32-15-4-5-16-33(32)37-24-31(25-38-35-18-7-9-20-40(35)44-42(37)38)29-21-22-36-34-17-6-8-19-39(34)43-41(36)26-29/h1-26H. The Labute approximate surface area is 254 Å². The van der Waals surface area contributed by atoms with Gasteiger partial charge in [-0.15, -0.1) is 0 Å². The molecule has 0 unspecified atom stereocenters. The molecule has 7 aromatic carbocycles. The van der Waals surface area contributed by atoms with Crippen LogP contribution in [0, 0.1) is 0 Å². The molecule has 0 spiro atoms. The average Bonchev–Trinajstić information content (AvgIpc) is 3.66. The van der Waals surface area contributed by atoms with E-state index in [0.29, 0.717) is 0 Å². The molecule has 206 valence electrons. The highest BCUT2D eigenvalue weighted by Gasteiger charge is 2.18. The minimum Gasteiger partial charge on any atom is -0.456 e. The van der Waals surface area contributed by atoms with Crippen molar-refractivity contribution in [2.75, 3.05) is 0 Å². The first-order chi connectivity index (χ1) is 21.8. The molecule has 2 heteroatoms. The van der Waals surface area contributed by atoms with E-state index in [1.807, 2.05) is 18.2 Å². The third kappa shape index (κ3) is 3.96. The van der Waals surface area contributed by atoms with Crippen molar-refractivity contribution in [1.29, 1.82) is 0 Å². The number of rotatable bonds is 4. The predicted octanol–water partition coefficient (Wildman–Crippen LogP) is 12.2. The third-order valence-corrected chi connectivity index (χ3v) is 8.69. The zero-order valence-electron chi connectivity index (χ0n) is 23.8. The van der Waals surface area contributed by atoms with Gasteiger partial charge in [-0.05, 0) is 81.4 Å². The van der Waals surface area contributed by atoms with E-state index in [0.717, 1.165) is 71.7 Å². The van der Waals surface area contributed by atoms with Crippen LogP contribution in [0.2, 0.25) is 0 Å². The Balaban J connectivity index is 1.28. The molecule has 0 bridgehead atoms. The Morgan fingerprint density at radius 3 is 1.73 bits per heavy atom. The van der Waals surface area contributed by atoms with Crippen LogP contribution < -0.4 is 0 Å². The fraction of sp³-hybridized carbons (Fsp3) is 0. The van der Waals surface area contributed by atoms with Gasteiger partial charge in [0.05, 0.1) is 0 Å². The van der Waals surface area contributed by atoms with Gasteiger partial charge in [0.15, 0.2) is 0 Å². The Kier molecular flexibility index (Phi) is 5.54. The van der Waals surface area contributed by atoms with Gasteiger partial charge in [0.25, 0.3) is 0 Å². The third-order valence-electron chi connectivity index (χ3n) is 8.69. The van der Waals surface area contributed by atoms with Crippen LogP contribution in [-0.2, 0) is 0 Å². The summed E-state index contributed by atoms with van der Waals surface area (Å²) in [7, 11) is 0. The topological polar surface area (TPSA) is 26.3 Å². The molecular weight excluding hydrogens is 536 g/mol. The van der Waals surface area contributed by atoms with Crippen molar-refractivity contribution in [3.8, 4) is 44.5 Å². The second-order valence-corrected chi connectivity index (χ2v) is 11.3. The molecule has 0 atom stereocenters. The Morgan fingerprint density at radius 1 is 0.273 bits per heavy atom. The lowest BCUT2D eigenvalue weighted by molar-refractivity contribution is 0.669. The minimum absolute atomic E-state index is 0.886. The van der Waals surface area contributed by atoms with E-state index in [1.54, 1.807) is 0 Å². The number of para-hydroxylation sites is 2. The van der Waals surface area contributed by atoms with Gasteiger partial charge in [-0.2, -0.15) is 0 Å². The molecule has 0 N–H and O–H groups in total. The molecule has 0 aliphatic carbocycles. The van der Waals surface area contributed by atoms with Crippen LogP contribution >= 0.6 is 0 Å². The molecular formula is C42H26O2. The largest absolute Gasteiger partial charge is 0.456 e. The lowest BCUT2D eigenvalue weighted by Gasteiger charge is -2.14. The maximum absolute atomic E-state index is 6.60. The molecule has 2 heterocycles. The van der Waals surface area contributed by atoms with Crippen LogP contribution in [0.25, 0.3) is 88.4 Å². The van der Waals surface area contributed by atoms with Gasteiger partial charge >= 0.3 is 0 Å². The number of furan rings is 2. The highest BCUT2D eigenvalue weighted by molar-refractivity contribution is 6.13. The molecule has 0 fully saturated rings. The monoisotopic (exact) mass is 562 g/mol. The zero-order valence-corrected chi connectivity index (χ0v) is 23.8. The first kappa shape index (κ1) is 24.7. The predicted molar refractivity (Wildman–Crippen MR) is 183 cm³/mol. The summed E-state index contributed by atoms with van der Waals surface area (Å²) in [6.45, 7) is 0. The molecule has 0 saturated carbocycles. The van der Waals surface area contributed by atoms with E-state index in [-0.39, 0.29) is 0 Å². The molecule has 0 saturated heterocycles. The highest BCUT2D eigenvalue weighted by atomic mass is 16.3. The van der Waals surface area contributed by atoms with E-state index < -0.39 is 0 Å². The average molecular weight is 563 g/mol. The van der Waals surface area contributed by atoms with Gasteiger partial charge in [0.1, 0.15) is 22.3 Å². The first-order valence-corrected chi connectivity index (χ1v) is 14.9. The van der Waals surface area contributed by atoms with Gasteiger partial charge in [0.2, 0.25) is 0 Å². The minimum atomic E-state index is 0.886. The van der Waals surface area contributed by atoms with Crippen LogP contribution in [0.1, 0.15) is 0 Å². The quantitative estimate of drug-likeness (QED) is 0.213. The second-order valence-electron chi connectivity index (χ2n) is 11.3. The normalized spacial score (nSPS) is 11.6. The van der Waals surface area contributed by atoms with Crippen LogP contribution in [0.5, 0.6) is 0 Å². The van der Waals surface area contributed by atoms with Crippen molar-refractivity contribution in [3.05, 3.63) is 158 Å². The van der Waals surface area contributed by atoms with Crippen LogP contribution in [0.15, 0.2) is 167 Å². The molecule has 44 heavy (non-hydrogen) atoms. The van der Waals surface area contributed by atoms with Crippen molar-refractivity contribution < 1.29 is 8.83 Å². The van der Waals surface area contributed by atoms with Gasteiger partial charge in [0, 0.05) is 27.1 Å². The van der Waals surface area contributed by atoms with Gasteiger partial charge < -0.3 is 8.83 Å². The zero-order chi connectivity index (χ0) is 29.0. The summed E-state index contributed by atoms with van der Waals surface area (Å²) in [6, 6.07) is 55.6. The smallest absolute Gasteiger partial charge is 0.143 e. The molecule has 0 radical (unpaired) electrons.